The summed E-state index contributed by atoms with van der Waals surface area (Å²) in [5.41, 5.74) is 5.18. The average Bonchev–Trinajstić information content (AvgIpc) is 2.14. The number of nitrogens with two attached hydrogens (primary N) is 1. The van der Waals surface area contributed by atoms with E-state index >= 15 is 0 Å². The Bertz CT molecular complexity index is 308. The molecule has 2 unspecified atom stereocenters. The number of primary amides is 1. The van der Waals surface area contributed by atoms with Gasteiger partial charge in [-0.05, 0) is 12.3 Å². The van der Waals surface area contributed by atoms with E-state index in [2.05, 4.69) is 5.32 Å². The second kappa shape index (κ2) is 5.51. The topological polar surface area (TPSA) is 113 Å². The third-order valence-electron chi connectivity index (χ3n) is 2.72. The number of urea groups is 1. The van der Waals surface area contributed by atoms with Gasteiger partial charge in [-0.1, -0.05) is 0 Å². The number of carbonyl (C=O) groups is 3. The molecule has 1 aliphatic rings. The summed E-state index contributed by atoms with van der Waals surface area (Å²) in [6.07, 6.45) is 0.523. The SMILES string of the molecule is CC(=O)NC1CC(CC(=O)O)CN(C(N)=O)C1. The maximum atomic E-state index is 11.1. The molecule has 0 radical (unpaired) electrons. The van der Waals surface area contributed by atoms with E-state index in [1.807, 2.05) is 0 Å². The van der Waals surface area contributed by atoms with E-state index in [-0.39, 0.29) is 24.3 Å². The highest BCUT2D eigenvalue weighted by Gasteiger charge is 2.30. The standard InChI is InChI=1S/C10H17N3O4/c1-6(14)12-8-2-7(3-9(15)16)4-13(5-8)10(11)17/h7-8H,2-5H2,1H3,(H2,11,17)(H,12,14)(H,15,16). The molecule has 1 rings (SSSR count). The van der Waals surface area contributed by atoms with E-state index in [0.29, 0.717) is 19.5 Å². The van der Waals surface area contributed by atoms with Gasteiger partial charge >= 0.3 is 12.0 Å². The van der Waals surface area contributed by atoms with Crippen molar-refractivity contribution in [2.75, 3.05) is 13.1 Å². The Morgan fingerprint density at radius 2 is 2.06 bits per heavy atom. The molecule has 0 spiro atoms. The minimum Gasteiger partial charge on any atom is -0.481 e. The van der Waals surface area contributed by atoms with Gasteiger partial charge in [0.1, 0.15) is 0 Å². The van der Waals surface area contributed by atoms with Gasteiger partial charge in [0.25, 0.3) is 0 Å². The Morgan fingerprint density at radius 3 is 2.53 bits per heavy atom. The summed E-state index contributed by atoms with van der Waals surface area (Å²) in [6.45, 7) is 2.05. The molecule has 0 bridgehead atoms. The third-order valence-corrected chi connectivity index (χ3v) is 2.72. The van der Waals surface area contributed by atoms with Crippen molar-refractivity contribution in [3.05, 3.63) is 0 Å². The predicted molar refractivity (Wildman–Crippen MR) is 59.1 cm³/mol. The Balaban J connectivity index is 2.65. The molecule has 96 valence electrons. The van der Waals surface area contributed by atoms with Crippen LogP contribution in [0.1, 0.15) is 19.8 Å². The van der Waals surface area contributed by atoms with E-state index in [9.17, 15) is 14.4 Å². The molecule has 0 aromatic carbocycles. The van der Waals surface area contributed by atoms with Crippen LogP contribution in [-0.4, -0.2) is 47.0 Å². The van der Waals surface area contributed by atoms with E-state index in [0.717, 1.165) is 0 Å². The number of nitrogens with zero attached hydrogens (tertiary/aromatic N) is 1. The highest BCUT2D eigenvalue weighted by Crippen LogP contribution is 2.20. The Labute approximate surface area is 98.9 Å². The molecule has 2 atom stereocenters. The molecule has 1 saturated heterocycles. The van der Waals surface area contributed by atoms with Crippen LogP contribution in [0.3, 0.4) is 0 Å². The van der Waals surface area contributed by atoms with Gasteiger partial charge < -0.3 is 21.1 Å². The van der Waals surface area contributed by atoms with Crippen molar-refractivity contribution in [2.45, 2.75) is 25.8 Å². The first-order valence-electron chi connectivity index (χ1n) is 5.41. The molecule has 3 amide bonds. The number of piperidine rings is 1. The fourth-order valence-corrected chi connectivity index (χ4v) is 2.17. The van der Waals surface area contributed by atoms with Crippen LogP contribution in [0.4, 0.5) is 4.79 Å². The summed E-state index contributed by atoms with van der Waals surface area (Å²) in [7, 11) is 0. The van der Waals surface area contributed by atoms with Gasteiger partial charge in [0.05, 0.1) is 0 Å². The molecule has 7 nitrogen and oxygen atoms in total. The normalized spacial score (nSPS) is 24.2. The Kier molecular flexibility index (Phi) is 4.30. The lowest BCUT2D eigenvalue weighted by Gasteiger charge is -2.36. The first-order valence-corrected chi connectivity index (χ1v) is 5.41. The number of carboxylic acids is 1. The lowest BCUT2D eigenvalue weighted by Crippen LogP contribution is -2.53. The molecule has 7 heteroatoms. The minimum atomic E-state index is -0.914. The zero-order valence-electron chi connectivity index (χ0n) is 9.68. The van der Waals surface area contributed by atoms with Crippen molar-refractivity contribution < 1.29 is 19.5 Å². The number of aliphatic carboxylic acids is 1. The highest BCUT2D eigenvalue weighted by atomic mass is 16.4. The first kappa shape index (κ1) is 13.3. The number of carbonyl (C=O) groups excluding carboxylic acids is 2. The molecule has 0 saturated carbocycles. The Hall–Kier alpha value is -1.79. The van der Waals surface area contributed by atoms with Crippen LogP contribution in [-0.2, 0) is 9.59 Å². The summed E-state index contributed by atoms with van der Waals surface area (Å²) in [5.74, 6) is -1.29. The fourth-order valence-electron chi connectivity index (χ4n) is 2.17. The van der Waals surface area contributed by atoms with Crippen molar-refractivity contribution >= 4 is 17.9 Å². The van der Waals surface area contributed by atoms with E-state index in [1.165, 1.54) is 11.8 Å². The van der Waals surface area contributed by atoms with E-state index in [4.69, 9.17) is 10.8 Å². The first-order chi connectivity index (χ1) is 7.88. The van der Waals surface area contributed by atoms with Crippen molar-refractivity contribution in [1.82, 2.24) is 10.2 Å². The van der Waals surface area contributed by atoms with Gasteiger partial charge in [0.15, 0.2) is 0 Å². The van der Waals surface area contributed by atoms with Gasteiger partial charge in [-0.3, -0.25) is 9.59 Å². The molecule has 1 aliphatic heterocycles. The minimum absolute atomic E-state index is 0.0279. The fraction of sp³-hybridized carbons (Fsp3) is 0.700. The van der Waals surface area contributed by atoms with Crippen LogP contribution in [0.5, 0.6) is 0 Å². The molecule has 4 N–H and O–H groups in total. The smallest absolute Gasteiger partial charge is 0.314 e. The van der Waals surface area contributed by atoms with Gasteiger partial charge in [-0.25, -0.2) is 4.79 Å². The maximum Gasteiger partial charge on any atom is 0.314 e. The molecule has 1 heterocycles. The quantitative estimate of drug-likeness (QED) is 0.612. The average molecular weight is 243 g/mol. The molecule has 0 aromatic rings. The van der Waals surface area contributed by atoms with Gasteiger partial charge in [0, 0.05) is 32.5 Å². The zero-order valence-corrected chi connectivity index (χ0v) is 9.68. The van der Waals surface area contributed by atoms with Crippen LogP contribution in [0.15, 0.2) is 0 Å². The van der Waals surface area contributed by atoms with E-state index < -0.39 is 12.0 Å². The second-order valence-electron chi connectivity index (χ2n) is 4.34. The number of carboxylic acid groups (broad SMARTS) is 1. The molecular weight excluding hydrogens is 226 g/mol. The van der Waals surface area contributed by atoms with Gasteiger partial charge in [-0.2, -0.15) is 0 Å². The van der Waals surface area contributed by atoms with Gasteiger partial charge in [-0.15, -0.1) is 0 Å². The number of amides is 3. The lowest BCUT2D eigenvalue weighted by atomic mass is 9.91. The van der Waals surface area contributed by atoms with Crippen molar-refractivity contribution in [2.24, 2.45) is 11.7 Å². The third kappa shape index (κ3) is 4.29. The number of hydrogen-bond donors (Lipinski definition) is 3. The van der Waals surface area contributed by atoms with Crippen LogP contribution < -0.4 is 11.1 Å². The zero-order chi connectivity index (χ0) is 13.0. The van der Waals surface area contributed by atoms with Crippen molar-refractivity contribution in [1.29, 1.82) is 0 Å². The molecule has 1 fully saturated rings. The summed E-state index contributed by atoms with van der Waals surface area (Å²) >= 11 is 0. The highest BCUT2D eigenvalue weighted by molar-refractivity contribution is 5.74. The van der Waals surface area contributed by atoms with Crippen LogP contribution in [0, 0.1) is 5.92 Å². The van der Waals surface area contributed by atoms with Crippen molar-refractivity contribution in [3.8, 4) is 0 Å². The van der Waals surface area contributed by atoms with Crippen molar-refractivity contribution in [3.63, 3.8) is 0 Å². The summed E-state index contributed by atoms with van der Waals surface area (Å²) in [5, 5.41) is 11.4. The van der Waals surface area contributed by atoms with E-state index in [1.54, 1.807) is 0 Å². The Morgan fingerprint density at radius 1 is 1.41 bits per heavy atom. The monoisotopic (exact) mass is 243 g/mol. The summed E-state index contributed by atoms with van der Waals surface area (Å²) in [4.78, 5) is 34.1. The molecular formula is C10H17N3O4. The summed E-state index contributed by atoms with van der Waals surface area (Å²) < 4.78 is 0. The molecule has 0 aromatic heterocycles. The van der Waals surface area contributed by atoms with Crippen LogP contribution >= 0.6 is 0 Å². The maximum absolute atomic E-state index is 11.1. The second-order valence-corrected chi connectivity index (χ2v) is 4.34. The number of hydrogen-bond acceptors (Lipinski definition) is 3. The number of rotatable bonds is 3. The van der Waals surface area contributed by atoms with Crippen LogP contribution in [0.2, 0.25) is 0 Å². The van der Waals surface area contributed by atoms with Crippen LogP contribution in [0.25, 0.3) is 0 Å². The molecule has 17 heavy (non-hydrogen) atoms. The number of nitrogens with one attached hydrogen (secondary N) is 1. The van der Waals surface area contributed by atoms with Gasteiger partial charge in [0.2, 0.25) is 5.91 Å². The molecule has 0 aliphatic carbocycles. The predicted octanol–water partition coefficient (Wildman–Crippen LogP) is -0.634. The number of likely N-dealkylation sites (tertiary alicyclic amines) is 1. The largest absolute Gasteiger partial charge is 0.481 e. The summed E-state index contributed by atoms with van der Waals surface area (Å²) in [6, 6.07) is -0.812. The lowest BCUT2D eigenvalue weighted by molar-refractivity contribution is -0.138.